The standard InChI is InChI=1S/C18H22N4O/c1-5-14-8-13(11-23-4)6-7-16(14)22(3)18-9-17-15(10-19-18)20-12-21(17)2/h6-10,12H,5,11H2,1-4H3. The summed E-state index contributed by atoms with van der Waals surface area (Å²) in [5, 5.41) is 0. The molecule has 0 bridgehead atoms. The molecule has 1 aromatic carbocycles. The maximum Gasteiger partial charge on any atom is 0.134 e. The predicted molar refractivity (Wildman–Crippen MR) is 93.1 cm³/mol. The number of rotatable bonds is 5. The van der Waals surface area contributed by atoms with Crippen molar-refractivity contribution < 1.29 is 4.74 Å². The second kappa shape index (κ2) is 6.38. The SMILES string of the molecule is CCc1cc(COC)ccc1N(C)c1cc2c(cn1)ncn2C. The van der Waals surface area contributed by atoms with E-state index in [0.717, 1.165) is 23.3 Å². The Hall–Kier alpha value is -2.40. The lowest BCUT2D eigenvalue weighted by atomic mass is 10.1. The van der Waals surface area contributed by atoms with E-state index in [1.807, 2.05) is 24.1 Å². The molecule has 5 heteroatoms. The van der Waals surface area contributed by atoms with Gasteiger partial charge in [-0.1, -0.05) is 19.1 Å². The maximum atomic E-state index is 5.23. The Morgan fingerprint density at radius 1 is 1.22 bits per heavy atom. The summed E-state index contributed by atoms with van der Waals surface area (Å²) in [6, 6.07) is 8.53. The Labute approximate surface area is 136 Å². The lowest BCUT2D eigenvalue weighted by molar-refractivity contribution is 0.185. The molecule has 0 saturated carbocycles. The lowest BCUT2D eigenvalue weighted by Crippen LogP contribution is -2.13. The number of methoxy groups -OCH3 is 1. The summed E-state index contributed by atoms with van der Waals surface area (Å²) in [5.74, 6) is 0.912. The van der Waals surface area contributed by atoms with E-state index in [0.29, 0.717) is 6.61 Å². The topological polar surface area (TPSA) is 43.2 Å². The van der Waals surface area contributed by atoms with Crippen LogP contribution in [0.25, 0.3) is 11.0 Å². The summed E-state index contributed by atoms with van der Waals surface area (Å²) in [6.07, 6.45) is 4.60. The van der Waals surface area contributed by atoms with Gasteiger partial charge in [0.2, 0.25) is 0 Å². The Kier molecular flexibility index (Phi) is 4.30. The molecule has 23 heavy (non-hydrogen) atoms. The number of hydrogen-bond donors (Lipinski definition) is 0. The molecule has 3 aromatic rings. The van der Waals surface area contributed by atoms with Gasteiger partial charge in [-0.05, 0) is 23.6 Å². The molecule has 0 unspecified atom stereocenters. The summed E-state index contributed by atoms with van der Waals surface area (Å²) in [5.41, 5.74) is 5.64. The molecule has 5 nitrogen and oxygen atoms in total. The van der Waals surface area contributed by atoms with Crippen LogP contribution >= 0.6 is 0 Å². The summed E-state index contributed by atoms with van der Waals surface area (Å²) in [7, 11) is 5.77. The Morgan fingerprint density at radius 3 is 2.78 bits per heavy atom. The van der Waals surface area contributed by atoms with Crippen LogP contribution in [-0.2, 0) is 24.8 Å². The van der Waals surface area contributed by atoms with Crippen molar-refractivity contribution in [1.29, 1.82) is 0 Å². The van der Waals surface area contributed by atoms with Crippen LogP contribution in [0.2, 0.25) is 0 Å². The molecular formula is C18H22N4O. The van der Waals surface area contributed by atoms with Crippen LogP contribution in [0.15, 0.2) is 36.8 Å². The van der Waals surface area contributed by atoms with E-state index < -0.39 is 0 Å². The number of anilines is 2. The Bertz CT molecular complexity index is 825. The van der Waals surface area contributed by atoms with Crippen LogP contribution in [0.4, 0.5) is 11.5 Å². The second-order valence-electron chi connectivity index (χ2n) is 5.70. The zero-order chi connectivity index (χ0) is 16.4. The number of benzene rings is 1. The van der Waals surface area contributed by atoms with Gasteiger partial charge in [0, 0.05) is 33.0 Å². The van der Waals surface area contributed by atoms with Crippen molar-refractivity contribution in [1.82, 2.24) is 14.5 Å². The quantitative estimate of drug-likeness (QED) is 0.724. The van der Waals surface area contributed by atoms with Gasteiger partial charge in [0.15, 0.2) is 0 Å². The minimum absolute atomic E-state index is 0.635. The highest BCUT2D eigenvalue weighted by Crippen LogP contribution is 2.28. The predicted octanol–water partition coefficient (Wildman–Crippen LogP) is 3.45. The van der Waals surface area contributed by atoms with Crippen molar-refractivity contribution in [3.63, 3.8) is 0 Å². The first-order chi connectivity index (χ1) is 11.1. The summed E-state index contributed by atoms with van der Waals surface area (Å²) in [6.45, 7) is 2.80. The molecule has 2 heterocycles. The second-order valence-corrected chi connectivity index (χ2v) is 5.70. The van der Waals surface area contributed by atoms with E-state index in [4.69, 9.17) is 4.74 Å². The fraction of sp³-hybridized carbons (Fsp3) is 0.333. The molecule has 0 atom stereocenters. The van der Waals surface area contributed by atoms with E-state index in [1.165, 1.54) is 16.8 Å². The number of fused-ring (bicyclic) bond motifs is 1. The van der Waals surface area contributed by atoms with Crippen molar-refractivity contribution >= 4 is 22.5 Å². The molecule has 0 aliphatic carbocycles. The number of imidazole rings is 1. The monoisotopic (exact) mass is 310 g/mol. The van der Waals surface area contributed by atoms with Crippen LogP contribution in [0.1, 0.15) is 18.1 Å². The van der Waals surface area contributed by atoms with Gasteiger partial charge in [-0.2, -0.15) is 0 Å². The van der Waals surface area contributed by atoms with Gasteiger partial charge in [0.05, 0.1) is 24.6 Å². The van der Waals surface area contributed by atoms with Crippen molar-refractivity contribution in [2.75, 3.05) is 19.1 Å². The molecule has 0 radical (unpaired) electrons. The van der Waals surface area contributed by atoms with Crippen molar-refractivity contribution in [2.24, 2.45) is 7.05 Å². The van der Waals surface area contributed by atoms with Crippen LogP contribution in [0.3, 0.4) is 0 Å². The zero-order valence-electron chi connectivity index (χ0n) is 14.1. The van der Waals surface area contributed by atoms with E-state index in [1.54, 1.807) is 7.11 Å². The minimum atomic E-state index is 0.635. The highest BCUT2D eigenvalue weighted by atomic mass is 16.5. The van der Waals surface area contributed by atoms with Gasteiger partial charge in [-0.3, -0.25) is 0 Å². The van der Waals surface area contributed by atoms with Gasteiger partial charge >= 0.3 is 0 Å². The van der Waals surface area contributed by atoms with Gasteiger partial charge in [0.25, 0.3) is 0 Å². The maximum absolute atomic E-state index is 5.23. The highest BCUT2D eigenvalue weighted by molar-refractivity contribution is 5.79. The van der Waals surface area contributed by atoms with Gasteiger partial charge in [-0.15, -0.1) is 0 Å². The van der Waals surface area contributed by atoms with Gasteiger partial charge in [-0.25, -0.2) is 9.97 Å². The number of ether oxygens (including phenoxy) is 1. The third-order valence-electron chi connectivity index (χ3n) is 4.14. The van der Waals surface area contributed by atoms with Crippen LogP contribution < -0.4 is 4.90 Å². The van der Waals surface area contributed by atoms with Crippen LogP contribution in [0.5, 0.6) is 0 Å². The summed E-state index contributed by atoms with van der Waals surface area (Å²) < 4.78 is 7.24. The normalized spacial score (nSPS) is 11.1. The molecule has 0 aliphatic heterocycles. The van der Waals surface area contributed by atoms with E-state index >= 15 is 0 Å². The average Bonchev–Trinajstić information content (AvgIpc) is 2.95. The molecule has 0 saturated heterocycles. The highest BCUT2D eigenvalue weighted by Gasteiger charge is 2.12. The largest absolute Gasteiger partial charge is 0.380 e. The number of pyridine rings is 1. The fourth-order valence-electron chi connectivity index (χ4n) is 2.83. The molecule has 0 N–H and O–H groups in total. The van der Waals surface area contributed by atoms with Crippen molar-refractivity contribution in [3.05, 3.63) is 47.9 Å². The number of aromatic nitrogens is 3. The third-order valence-corrected chi connectivity index (χ3v) is 4.14. The summed E-state index contributed by atoms with van der Waals surface area (Å²) >= 11 is 0. The molecule has 0 amide bonds. The molecule has 0 fully saturated rings. The smallest absolute Gasteiger partial charge is 0.134 e. The molecule has 2 aromatic heterocycles. The molecule has 0 spiro atoms. The first-order valence-corrected chi connectivity index (χ1v) is 7.75. The molecule has 0 aliphatic rings. The zero-order valence-corrected chi connectivity index (χ0v) is 14.1. The van der Waals surface area contributed by atoms with E-state index in [-0.39, 0.29) is 0 Å². The van der Waals surface area contributed by atoms with Gasteiger partial charge in [0.1, 0.15) is 11.3 Å². The van der Waals surface area contributed by atoms with Crippen LogP contribution in [-0.4, -0.2) is 28.7 Å². The third kappa shape index (κ3) is 2.92. The average molecular weight is 310 g/mol. The summed E-state index contributed by atoms with van der Waals surface area (Å²) in [4.78, 5) is 11.0. The van der Waals surface area contributed by atoms with Gasteiger partial charge < -0.3 is 14.2 Å². The Balaban J connectivity index is 2.00. The molecular weight excluding hydrogens is 288 g/mol. The first-order valence-electron chi connectivity index (χ1n) is 7.75. The fourth-order valence-corrected chi connectivity index (χ4v) is 2.83. The van der Waals surface area contributed by atoms with E-state index in [9.17, 15) is 0 Å². The van der Waals surface area contributed by atoms with Crippen LogP contribution in [0, 0.1) is 0 Å². The first kappa shape index (κ1) is 15.5. The lowest BCUT2D eigenvalue weighted by Gasteiger charge is -2.22. The molecule has 120 valence electrons. The van der Waals surface area contributed by atoms with E-state index in [2.05, 4.69) is 53.1 Å². The van der Waals surface area contributed by atoms with Crippen molar-refractivity contribution in [2.45, 2.75) is 20.0 Å². The minimum Gasteiger partial charge on any atom is -0.380 e. The number of nitrogens with zero attached hydrogens (tertiary/aromatic N) is 4. The Morgan fingerprint density at radius 2 is 2.04 bits per heavy atom. The van der Waals surface area contributed by atoms with Crippen molar-refractivity contribution in [3.8, 4) is 0 Å². The molecule has 3 rings (SSSR count). The number of hydrogen-bond acceptors (Lipinski definition) is 4. The number of aryl methyl sites for hydroxylation is 2.